The molecule has 4 N–H and O–H groups in total. The van der Waals surface area contributed by atoms with Gasteiger partial charge in [0.05, 0.1) is 11.8 Å². The number of aliphatic hydroxyl groups excluding tert-OH is 2. The summed E-state index contributed by atoms with van der Waals surface area (Å²) in [4.78, 5) is 3.79. The number of aromatic hydroxyl groups is 1. The molecule has 0 radical (unpaired) electrons. The van der Waals surface area contributed by atoms with Gasteiger partial charge in [0.1, 0.15) is 6.10 Å². The molecule has 90 valence electrons. The fourth-order valence-corrected chi connectivity index (χ4v) is 1.41. The third kappa shape index (κ3) is 3.31. The van der Waals surface area contributed by atoms with Gasteiger partial charge in [-0.25, -0.2) is 4.98 Å². The number of hydrogen-bond acceptors (Lipinski definition) is 5. The minimum Gasteiger partial charge on any atom is -0.505 e. The first-order chi connectivity index (χ1) is 7.56. The Bertz CT molecular complexity index is 349. The van der Waals surface area contributed by atoms with Crippen molar-refractivity contribution in [2.75, 3.05) is 13.6 Å². The van der Waals surface area contributed by atoms with Crippen LogP contribution in [0.4, 0.5) is 0 Å². The molecule has 1 heterocycles. The van der Waals surface area contributed by atoms with Crippen molar-refractivity contribution in [1.82, 2.24) is 10.3 Å². The Kier molecular flexibility index (Phi) is 4.95. The molecule has 0 aliphatic heterocycles. The second-order valence-electron chi connectivity index (χ2n) is 3.45. The summed E-state index contributed by atoms with van der Waals surface area (Å²) in [6, 6.07) is 2.76. The third-order valence-electron chi connectivity index (χ3n) is 2.21. The maximum absolute atomic E-state index is 9.75. The number of rotatable bonds is 5. The maximum Gasteiger partial charge on any atom is 0.171 e. The summed E-state index contributed by atoms with van der Waals surface area (Å²) in [6.45, 7) is 0.587. The van der Waals surface area contributed by atoms with Crippen molar-refractivity contribution in [2.24, 2.45) is 0 Å². The topological polar surface area (TPSA) is 85.6 Å². The van der Waals surface area contributed by atoms with Crippen molar-refractivity contribution in [3.05, 3.63) is 23.0 Å². The van der Waals surface area contributed by atoms with Crippen LogP contribution in [0.3, 0.4) is 0 Å². The predicted molar refractivity (Wildman–Crippen MR) is 60.4 cm³/mol. The zero-order chi connectivity index (χ0) is 12.1. The van der Waals surface area contributed by atoms with Gasteiger partial charge in [0.25, 0.3) is 0 Å². The number of nitrogens with one attached hydrogen (secondary N) is 1. The van der Waals surface area contributed by atoms with E-state index in [-0.39, 0.29) is 16.6 Å². The molecule has 0 fully saturated rings. The summed E-state index contributed by atoms with van der Waals surface area (Å²) in [5.41, 5.74) is 0.242. The summed E-state index contributed by atoms with van der Waals surface area (Å²) in [7, 11) is 1.76. The molecule has 1 rings (SSSR count). The van der Waals surface area contributed by atoms with Crippen LogP contribution in [0, 0.1) is 0 Å². The molecule has 0 aromatic carbocycles. The Morgan fingerprint density at radius 3 is 2.69 bits per heavy atom. The number of hydrogen-bond donors (Lipinski definition) is 4. The van der Waals surface area contributed by atoms with E-state index in [9.17, 15) is 10.2 Å². The summed E-state index contributed by atoms with van der Waals surface area (Å²) >= 11 is 5.60. The highest BCUT2D eigenvalue weighted by Crippen LogP contribution is 2.24. The number of halogens is 1. The smallest absolute Gasteiger partial charge is 0.171 e. The Labute approximate surface area is 98.7 Å². The third-order valence-corrected chi connectivity index (χ3v) is 2.49. The van der Waals surface area contributed by atoms with Crippen LogP contribution in [-0.2, 0) is 0 Å². The Balaban J connectivity index is 2.71. The van der Waals surface area contributed by atoms with Crippen molar-refractivity contribution in [3.63, 3.8) is 0 Å². The van der Waals surface area contributed by atoms with Gasteiger partial charge in [-0.1, -0.05) is 11.6 Å². The Morgan fingerprint density at radius 1 is 1.44 bits per heavy atom. The van der Waals surface area contributed by atoms with Crippen molar-refractivity contribution in [1.29, 1.82) is 0 Å². The number of pyridine rings is 1. The van der Waals surface area contributed by atoms with E-state index in [1.54, 1.807) is 7.05 Å². The van der Waals surface area contributed by atoms with Gasteiger partial charge in [0, 0.05) is 0 Å². The van der Waals surface area contributed by atoms with Gasteiger partial charge in [0.2, 0.25) is 0 Å². The molecule has 0 bridgehead atoms. The van der Waals surface area contributed by atoms with E-state index in [2.05, 4.69) is 10.3 Å². The van der Waals surface area contributed by atoms with Crippen molar-refractivity contribution in [3.8, 4) is 5.75 Å². The van der Waals surface area contributed by atoms with Crippen LogP contribution in [-0.4, -0.2) is 40.0 Å². The van der Waals surface area contributed by atoms with Gasteiger partial charge in [-0.05, 0) is 32.1 Å². The molecule has 2 unspecified atom stereocenters. The second-order valence-corrected chi connectivity index (χ2v) is 3.81. The van der Waals surface area contributed by atoms with E-state index in [0.29, 0.717) is 13.0 Å². The first-order valence-corrected chi connectivity index (χ1v) is 5.30. The molecule has 2 atom stereocenters. The van der Waals surface area contributed by atoms with Crippen molar-refractivity contribution in [2.45, 2.75) is 18.6 Å². The average Bonchev–Trinajstić information content (AvgIpc) is 2.28. The van der Waals surface area contributed by atoms with Crippen LogP contribution < -0.4 is 5.32 Å². The van der Waals surface area contributed by atoms with Gasteiger partial charge < -0.3 is 20.6 Å². The molecule has 0 amide bonds. The van der Waals surface area contributed by atoms with E-state index in [4.69, 9.17) is 16.7 Å². The summed E-state index contributed by atoms with van der Waals surface area (Å²) in [5.74, 6) is -0.151. The van der Waals surface area contributed by atoms with Crippen molar-refractivity contribution >= 4 is 11.6 Å². The SMILES string of the molecule is CNCCC(O)C(O)c1ccc(O)c(Cl)n1. The fraction of sp³-hybridized carbons (Fsp3) is 0.500. The standard InChI is InChI=1S/C10H15ClN2O3/c1-12-5-4-7(14)9(16)6-2-3-8(15)10(11)13-6/h2-3,7,9,12,14-16H,4-5H2,1H3. The van der Waals surface area contributed by atoms with E-state index in [0.717, 1.165) is 0 Å². The summed E-state index contributed by atoms with van der Waals surface area (Å²) in [6.07, 6.45) is -1.62. The highest BCUT2D eigenvalue weighted by Gasteiger charge is 2.19. The number of nitrogens with zero attached hydrogens (tertiary/aromatic N) is 1. The molecule has 6 heteroatoms. The van der Waals surface area contributed by atoms with E-state index < -0.39 is 12.2 Å². The first-order valence-electron chi connectivity index (χ1n) is 4.92. The minimum atomic E-state index is -1.11. The second kappa shape index (κ2) is 6.00. The Morgan fingerprint density at radius 2 is 2.12 bits per heavy atom. The zero-order valence-electron chi connectivity index (χ0n) is 8.89. The molecule has 0 aliphatic carbocycles. The summed E-state index contributed by atoms with van der Waals surface area (Å²) < 4.78 is 0. The van der Waals surface area contributed by atoms with Gasteiger partial charge in [0.15, 0.2) is 10.9 Å². The number of aromatic nitrogens is 1. The zero-order valence-corrected chi connectivity index (χ0v) is 9.65. The van der Waals surface area contributed by atoms with Crippen LogP contribution in [0.1, 0.15) is 18.2 Å². The Hall–Kier alpha value is -0.880. The monoisotopic (exact) mass is 246 g/mol. The molecular formula is C10H15ClN2O3. The quantitative estimate of drug-likeness (QED) is 0.567. The molecule has 5 nitrogen and oxygen atoms in total. The van der Waals surface area contributed by atoms with E-state index in [1.807, 2.05) is 0 Å². The molecule has 0 saturated heterocycles. The van der Waals surface area contributed by atoms with Gasteiger partial charge >= 0.3 is 0 Å². The number of aliphatic hydroxyl groups is 2. The van der Waals surface area contributed by atoms with Gasteiger partial charge in [-0.2, -0.15) is 0 Å². The highest BCUT2D eigenvalue weighted by atomic mass is 35.5. The molecule has 1 aromatic rings. The van der Waals surface area contributed by atoms with E-state index >= 15 is 0 Å². The molecule has 16 heavy (non-hydrogen) atoms. The largest absolute Gasteiger partial charge is 0.505 e. The molecular weight excluding hydrogens is 232 g/mol. The molecule has 0 aliphatic rings. The van der Waals surface area contributed by atoms with Crippen molar-refractivity contribution < 1.29 is 15.3 Å². The lowest BCUT2D eigenvalue weighted by molar-refractivity contribution is 0.0115. The van der Waals surface area contributed by atoms with Crippen LogP contribution >= 0.6 is 11.6 Å². The lowest BCUT2D eigenvalue weighted by Gasteiger charge is -2.17. The lowest BCUT2D eigenvalue weighted by Crippen LogP contribution is -2.23. The van der Waals surface area contributed by atoms with Crippen LogP contribution in [0.5, 0.6) is 5.75 Å². The molecule has 0 spiro atoms. The summed E-state index contributed by atoms with van der Waals surface area (Å²) in [5, 5.41) is 31.3. The predicted octanol–water partition coefficient (Wildman–Crippen LogP) is 0.444. The normalized spacial score (nSPS) is 14.8. The highest BCUT2D eigenvalue weighted by molar-refractivity contribution is 6.30. The lowest BCUT2D eigenvalue weighted by atomic mass is 10.1. The van der Waals surface area contributed by atoms with Gasteiger partial charge in [-0.15, -0.1) is 0 Å². The fourth-order valence-electron chi connectivity index (χ4n) is 1.25. The van der Waals surface area contributed by atoms with E-state index in [1.165, 1.54) is 12.1 Å². The van der Waals surface area contributed by atoms with Crippen LogP contribution in [0.2, 0.25) is 5.15 Å². The minimum absolute atomic E-state index is 0.0858. The molecule has 1 aromatic heterocycles. The average molecular weight is 247 g/mol. The van der Waals surface area contributed by atoms with Crippen LogP contribution in [0.25, 0.3) is 0 Å². The van der Waals surface area contributed by atoms with Crippen LogP contribution in [0.15, 0.2) is 12.1 Å². The molecule has 0 saturated carbocycles. The van der Waals surface area contributed by atoms with Gasteiger partial charge in [-0.3, -0.25) is 0 Å². The first kappa shape index (κ1) is 13.2. The maximum atomic E-state index is 9.75.